The monoisotopic (exact) mass is 379 g/mol. The van der Waals surface area contributed by atoms with Crippen LogP contribution in [0.5, 0.6) is 0 Å². The van der Waals surface area contributed by atoms with Crippen molar-refractivity contribution in [3.8, 4) is 5.69 Å². The van der Waals surface area contributed by atoms with Gasteiger partial charge in [0.15, 0.2) is 5.69 Å². The molecular weight excluding hydrogens is 366 g/mol. The van der Waals surface area contributed by atoms with Gasteiger partial charge < -0.3 is 5.32 Å². The number of fused-ring (bicyclic) bond motifs is 1. The Bertz CT molecular complexity index is 1200. The molecular formula is C19H14ClN5O2. The van der Waals surface area contributed by atoms with Crippen LogP contribution in [0, 0.1) is 0 Å². The summed E-state index contributed by atoms with van der Waals surface area (Å²) in [5.74, 6) is -0.579. The third kappa shape index (κ3) is 3.20. The first-order chi connectivity index (χ1) is 13.0. The quantitative estimate of drug-likeness (QED) is 0.593. The fraction of sp³-hybridized carbons (Fsp3) is 0.0526. The summed E-state index contributed by atoms with van der Waals surface area (Å²) in [4.78, 5) is 25.3. The Labute approximate surface area is 158 Å². The van der Waals surface area contributed by atoms with Crippen molar-refractivity contribution in [1.29, 1.82) is 0 Å². The van der Waals surface area contributed by atoms with Crippen LogP contribution in [0.2, 0.25) is 5.02 Å². The van der Waals surface area contributed by atoms with Crippen molar-refractivity contribution in [2.75, 3.05) is 5.32 Å². The molecule has 0 spiro atoms. The van der Waals surface area contributed by atoms with Gasteiger partial charge in [-0.1, -0.05) is 11.6 Å². The van der Waals surface area contributed by atoms with Crippen LogP contribution >= 0.6 is 11.6 Å². The van der Waals surface area contributed by atoms with E-state index in [-0.39, 0.29) is 5.69 Å². The SMILES string of the molecule is Cn1nc(C(=O)Nc2ccc(-n3cccn3)cc2)c(=O)c2cc(Cl)ccc21. The number of hydrogen-bond donors (Lipinski definition) is 1. The smallest absolute Gasteiger partial charge is 0.280 e. The van der Waals surface area contributed by atoms with Crippen LogP contribution in [0.1, 0.15) is 10.5 Å². The lowest BCUT2D eigenvalue weighted by molar-refractivity contribution is 0.101. The first kappa shape index (κ1) is 17.0. The van der Waals surface area contributed by atoms with Crippen molar-refractivity contribution in [2.24, 2.45) is 7.05 Å². The Morgan fingerprint density at radius 1 is 1.15 bits per heavy atom. The topological polar surface area (TPSA) is 81.8 Å². The first-order valence-electron chi connectivity index (χ1n) is 8.11. The summed E-state index contributed by atoms with van der Waals surface area (Å²) < 4.78 is 3.19. The Balaban J connectivity index is 1.65. The number of rotatable bonds is 3. The zero-order valence-corrected chi connectivity index (χ0v) is 15.0. The van der Waals surface area contributed by atoms with Crippen LogP contribution in [0.4, 0.5) is 5.69 Å². The molecule has 0 saturated heterocycles. The van der Waals surface area contributed by atoms with Crippen molar-refractivity contribution < 1.29 is 4.79 Å². The largest absolute Gasteiger partial charge is 0.320 e. The molecule has 0 aliphatic heterocycles. The molecule has 4 aromatic rings. The number of carbonyl (C=O) groups is 1. The second-order valence-corrected chi connectivity index (χ2v) is 6.35. The maximum absolute atomic E-state index is 12.7. The minimum Gasteiger partial charge on any atom is -0.320 e. The second kappa shape index (κ2) is 6.69. The molecule has 2 aromatic carbocycles. The molecule has 8 heteroatoms. The number of anilines is 1. The van der Waals surface area contributed by atoms with Gasteiger partial charge in [-0.15, -0.1) is 0 Å². The number of hydrogen-bond acceptors (Lipinski definition) is 4. The summed E-state index contributed by atoms with van der Waals surface area (Å²) in [6.07, 6.45) is 3.50. The van der Waals surface area contributed by atoms with Gasteiger partial charge in [0, 0.05) is 30.2 Å². The average Bonchev–Trinajstić information content (AvgIpc) is 3.20. The van der Waals surface area contributed by atoms with E-state index in [9.17, 15) is 9.59 Å². The number of nitrogens with zero attached hydrogens (tertiary/aromatic N) is 4. The van der Waals surface area contributed by atoms with E-state index in [1.165, 1.54) is 10.7 Å². The van der Waals surface area contributed by atoms with Gasteiger partial charge in [-0.05, 0) is 48.5 Å². The minimum absolute atomic E-state index is 0.191. The van der Waals surface area contributed by atoms with Crippen molar-refractivity contribution in [3.63, 3.8) is 0 Å². The number of nitrogens with one attached hydrogen (secondary N) is 1. The highest BCUT2D eigenvalue weighted by Gasteiger charge is 2.17. The molecule has 0 saturated carbocycles. The fourth-order valence-corrected chi connectivity index (χ4v) is 2.98. The summed E-state index contributed by atoms with van der Waals surface area (Å²) in [5, 5.41) is 11.7. The van der Waals surface area contributed by atoms with Crippen molar-refractivity contribution in [2.45, 2.75) is 0 Å². The van der Waals surface area contributed by atoms with E-state index in [0.717, 1.165) is 5.69 Å². The van der Waals surface area contributed by atoms with Gasteiger partial charge in [0.2, 0.25) is 5.43 Å². The van der Waals surface area contributed by atoms with Crippen LogP contribution in [-0.2, 0) is 7.05 Å². The van der Waals surface area contributed by atoms with Gasteiger partial charge in [0.1, 0.15) is 0 Å². The summed E-state index contributed by atoms with van der Waals surface area (Å²) in [6.45, 7) is 0. The molecule has 2 aromatic heterocycles. The molecule has 0 atom stereocenters. The van der Waals surface area contributed by atoms with Crippen molar-refractivity contribution in [3.05, 3.63) is 81.9 Å². The Morgan fingerprint density at radius 2 is 1.93 bits per heavy atom. The molecule has 0 unspecified atom stereocenters. The van der Waals surface area contributed by atoms with E-state index in [4.69, 9.17) is 11.6 Å². The third-order valence-corrected chi connectivity index (χ3v) is 4.36. The molecule has 27 heavy (non-hydrogen) atoms. The zero-order chi connectivity index (χ0) is 19.0. The summed E-state index contributed by atoms with van der Waals surface area (Å²) in [5.41, 5.74) is 1.35. The number of halogens is 1. The third-order valence-electron chi connectivity index (χ3n) is 4.13. The molecule has 0 aliphatic rings. The van der Waals surface area contributed by atoms with E-state index >= 15 is 0 Å². The molecule has 4 rings (SSSR count). The Hall–Kier alpha value is -3.45. The second-order valence-electron chi connectivity index (χ2n) is 5.91. The zero-order valence-electron chi connectivity index (χ0n) is 14.3. The van der Waals surface area contributed by atoms with Gasteiger partial charge in [0.25, 0.3) is 5.91 Å². The predicted octanol–water partition coefficient (Wildman–Crippen LogP) is 3.02. The normalized spacial score (nSPS) is 10.9. The standard InChI is InChI=1S/C19H14ClN5O2/c1-24-16-8-3-12(20)11-15(16)18(26)17(23-24)19(27)22-13-4-6-14(7-5-13)25-10-2-9-21-25/h2-11H,1H3,(H,22,27). The molecule has 1 amide bonds. The van der Waals surface area contributed by atoms with E-state index in [1.54, 1.807) is 42.2 Å². The maximum atomic E-state index is 12.7. The summed E-state index contributed by atoms with van der Waals surface area (Å²) in [6, 6.07) is 13.8. The fourth-order valence-electron chi connectivity index (χ4n) is 2.81. The lowest BCUT2D eigenvalue weighted by atomic mass is 10.2. The van der Waals surface area contributed by atoms with E-state index in [1.807, 2.05) is 24.4 Å². The lowest BCUT2D eigenvalue weighted by Gasteiger charge is -2.09. The van der Waals surface area contributed by atoms with E-state index < -0.39 is 11.3 Å². The summed E-state index contributed by atoms with van der Waals surface area (Å²) in [7, 11) is 1.67. The number of aryl methyl sites for hydroxylation is 1. The molecule has 0 bridgehead atoms. The predicted molar refractivity (Wildman–Crippen MR) is 104 cm³/mol. The number of carbonyl (C=O) groups excluding carboxylic acids is 1. The van der Waals surface area contributed by atoms with Gasteiger partial charge in [-0.25, -0.2) is 4.68 Å². The summed E-state index contributed by atoms with van der Waals surface area (Å²) >= 11 is 5.99. The molecule has 2 heterocycles. The van der Waals surface area contributed by atoms with Crippen LogP contribution in [0.3, 0.4) is 0 Å². The van der Waals surface area contributed by atoms with E-state index in [0.29, 0.717) is 21.6 Å². The molecule has 0 radical (unpaired) electrons. The van der Waals surface area contributed by atoms with Gasteiger partial charge in [-0.2, -0.15) is 10.2 Å². The first-order valence-corrected chi connectivity index (χ1v) is 8.49. The average molecular weight is 380 g/mol. The highest BCUT2D eigenvalue weighted by molar-refractivity contribution is 6.31. The molecule has 0 fully saturated rings. The van der Waals surface area contributed by atoms with Gasteiger partial charge in [-0.3, -0.25) is 14.3 Å². The number of benzene rings is 2. The van der Waals surface area contributed by atoms with Crippen LogP contribution < -0.4 is 10.7 Å². The number of amides is 1. The Morgan fingerprint density at radius 3 is 2.63 bits per heavy atom. The molecule has 134 valence electrons. The lowest BCUT2D eigenvalue weighted by Crippen LogP contribution is -2.26. The molecule has 1 N–H and O–H groups in total. The molecule has 7 nitrogen and oxygen atoms in total. The molecule has 0 aliphatic carbocycles. The van der Waals surface area contributed by atoms with Crippen LogP contribution in [0.25, 0.3) is 16.6 Å². The van der Waals surface area contributed by atoms with Crippen LogP contribution in [0.15, 0.2) is 65.7 Å². The number of aromatic nitrogens is 4. The maximum Gasteiger partial charge on any atom is 0.280 e. The highest BCUT2D eigenvalue weighted by atomic mass is 35.5. The van der Waals surface area contributed by atoms with Gasteiger partial charge >= 0.3 is 0 Å². The minimum atomic E-state index is -0.579. The van der Waals surface area contributed by atoms with Crippen molar-refractivity contribution in [1.82, 2.24) is 19.6 Å². The Kier molecular flexibility index (Phi) is 4.21. The van der Waals surface area contributed by atoms with E-state index in [2.05, 4.69) is 15.5 Å². The van der Waals surface area contributed by atoms with Crippen LogP contribution in [-0.4, -0.2) is 25.5 Å². The van der Waals surface area contributed by atoms with Crippen molar-refractivity contribution >= 4 is 34.1 Å². The highest BCUT2D eigenvalue weighted by Crippen LogP contribution is 2.17. The van der Waals surface area contributed by atoms with Gasteiger partial charge in [0.05, 0.1) is 16.6 Å².